The third-order valence-electron chi connectivity index (χ3n) is 5.01. The van der Waals surface area contributed by atoms with Crippen LogP contribution in [0.3, 0.4) is 0 Å². The number of nitrogens with one attached hydrogen (secondary N) is 1. The third-order valence-corrected chi connectivity index (χ3v) is 5.45. The molecule has 158 valence electrons. The molecule has 3 aromatic rings. The number of rotatable bonds is 7. The van der Waals surface area contributed by atoms with Gasteiger partial charge < -0.3 is 14.8 Å². The Morgan fingerprint density at radius 1 is 1.30 bits per heavy atom. The third kappa shape index (κ3) is 3.93. The highest BCUT2D eigenvalue weighted by atomic mass is 32.1. The van der Waals surface area contributed by atoms with Gasteiger partial charge >= 0.3 is 5.97 Å². The van der Waals surface area contributed by atoms with Crippen molar-refractivity contribution in [3.05, 3.63) is 56.7 Å². The zero-order chi connectivity index (χ0) is 21.8. The second-order valence-corrected chi connectivity index (χ2v) is 7.06. The minimum absolute atomic E-state index is 0.0138. The summed E-state index contributed by atoms with van der Waals surface area (Å²) in [4.78, 5) is 32.6. The van der Waals surface area contributed by atoms with Gasteiger partial charge in [0, 0.05) is 42.8 Å². The van der Waals surface area contributed by atoms with Gasteiger partial charge in [-0.25, -0.2) is 4.79 Å². The van der Waals surface area contributed by atoms with E-state index in [2.05, 4.69) is 9.98 Å². The number of ether oxygens (including phenoxy) is 1. The van der Waals surface area contributed by atoms with Gasteiger partial charge in [-0.15, -0.1) is 0 Å². The van der Waals surface area contributed by atoms with E-state index in [0.717, 1.165) is 16.5 Å². The quantitative estimate of drug-likeness (QED) is 0.342. The topological polar surface area (TPSA) is 102 Å². The zero-order valence-electron chi connectivity index (χ0n) is 17.1. The number of aromatic nitrogens is 3. The predicted molar refractivity (Wildman–Crippen MR) is 118 cm³/mol. The van der Waals surface area contributed by atoms with Crippen molar-refractivity contribution in [1.29, 1.82) is 0 Å². The summed E-state index contributed by atoms with van der Waals surface area (Å²) < 4.78 is 7.97. The predicted octanol–water partition coefficient (Wildman–Crippen LogP) is 2.81. The number of fused-ring (bicyclic) bond motifs is 1. The summed E-state index contributed by atoms with van der Waals surface area (Å²) in [5.74, 6) is -0.799. The van der Waals surface area contributed by atoms with Crippen LogP contribution in [0.15, 0.2) is 40.2 Å². The van der Waals surface area contributed by atoms with Crippen molar-refractivity contribution < 1.29 is 14.6 Å². The molecule has 0 saturated heterocycles. The van der Waals surface area contributed by atoms with E-state index < -0.39 is 17.6 Å². The average Bonchev–Trinajstić information content (AvgIpc) is 3.15. The molecule has 8 nitrogen and oxygen atoms in total. The highest BCUT2D eigenvalue weighted by Crippen LogP contribution is 2.20. The summed E-state index contributed by atoms with van der Waals surface area (Å²) in [7, 11) is 1.29. The van der Waals surface area contributed by atoms with Crippen LogP contribution in [0.1, 0.15) is 25.0 Å². The Labute approximate surface area is 178 Å². The number of H-pyrrole nitrogens is 1. The van der Waals surface area contributed by atoms with Crippen LogP contribution >= 0.6 is 12.2 Å². The van der Waals surface area contributed by atoms with Gasteiger partial charge in [-0.05, 0) is 37.7 Å². The summed E-state index contributed by atoms with van der Waals surface area (Å²) in [6.45, 7) is 4.36. The first-order chi connectivity index (χ1) is 14.4. The Hall–Kier alpha value is -3.20. The second-order valence-electron chi connectivity index (χ2n) is 6.69. The van der Waals surface area contributed by atoms with E-state index >= 15 is 0 Å². The molecule has 0 radical (unpaired) electrons. The number of carbonyl (C=O) groups is 1. The number of esters is 1. The van der Waals surface area contributed by atoms with E-state index in [1.807, 2.05) is 37.4 Å². The van der Waals surface area contributed by atoms with E-state index in [1.54, 1.807) is 6.92 Å². The van der Waals surface area contributed by atoms with Crippen LogP contribution in [-0.2, 0) is 29.0 Å². The SMILES string of the molecule is CCn1c(O)c(C=N[C@@H](Cc2c[nH]c3ccccc23)C(=O)OC)c(=O)n(CC)c1=S. The highest BCUT2D eigenvalue weighted by Gasteiger charge is 2.21. The maximum atomic E-state index is 12.8. The van der Waals surface area contributed by atoms with Gasteiger partial charge in [-0.1, -0.05) is 18.2 Å². The maximum absolute atomic E-state index is 12.8. The lowest BCUT2D eigenvalue weighted by atomic mass is 10.1. The number of aromatic amines is 1. The first kappa shape index (κ1) is 21.5. The molecule has 0 amide bonds. The Bertz CT molecular complexity index is 1220. The van der Waals surface area contributed by atoms with Crippen LogP contribution in [-0.4, -0.2) is 44.6 Å². The number of para-hydroxylation sites is 1. The van der Waals surface area contributed by atoms with Crippen molar-refractivity contribution in [2.45, 2.75) is 39.4 Å². The molecule has 2 heterocycles. The summed E-state index contributed by atoms with van der Waals surface area (Å²) in [5.41, 5.74) is 1.38. The Morgan fingerprint density at radius 3 is 2.67 bits per heavy atom. The monoisotopic (exact) mass is 428 g/mol. The largest absolute Gasteiger partial charge is 0.494 e. The standard InChI is InChI=1S/C21H24N4O4S/c1-4-24-18(26)15(19(27)25(5-2)21(24)30)12-23-17(20(28)29-3)10-13-11-22-16-9-7-6-8-14(13)16/h6-9,11-12,17,22,26H,4-5,10H2,1-3H3/t17-/m0/s1. The van der Waals surface area contributed by atoms with Crippen molar-refractivity contribution in [2.24, 2.45) is 4.99 Å². The van der Waals surface area contributed by atoms with Crippen LogP contribution in [0.5, 0.6) is 5.88 Å². The fourth-order valence-electron chi connectivity index (χ4n) is 3.39. The van der Waals surface area contributed by atoms with Crippen LogP contribution in [0, 0.1) is 4.77 Å². The molecule has 0 spiro atoms. The smallest absolute Gasteiger partial charge is 0.330 e. The number of hydrogen-bond acceptors (Lipinski definition) is 6. The van der Waals surface area contributed by atoms with E-state index in [4.69, 9.17) is 17.0 Å². The Balaban J connectivity index is 2.03. The van der Waals surface area contributed by atoms with Crippen LogP contribution in [0.2, 0.25) is 0 Å². The Morgan fingerprint density at radius 2 is 2.00 bits per heavy atom. The molecule has 0 fully saturated rings. The van der Waals surface area contributed by atoms with Gasteiger partial charge in [-0.3, -0.25) is 18.9 Å². The van der Waals surface area contributed by atoms with Gasteiger partial charge in [0.1, 0.15) is 5.56 Å². The molecule has 3 rings (SSSR count). The average molecular weight is 429 g/mol. The lowest BCUT2D eigenvalue weighted by molar-refractivity contribution is -0.142. The molecule has 0 saturated carbocycles. The van der Waals surface area contributed by atoms with Gasteiger partial charge in [0.15, 0.2) is 10.8 Å². The van der Waals surface area contributed by atoms with Gasteiger partial charge in [-0.2, -0.15) is 0 Å². The van der Waals surface area contributed by atoms with Crippen molar-refractivity contribution >= 4 is 35.3 Å². The van der Waals surface area contributed by atoms with E-state index in [-0.39, 0.29) is 22.6 Å². The number of aliphatic imine (C=N–C) groups is 1. The van der Waals surface area contributed by atoms with Crippen molar-refractivity contribution in [3.8, 4) is 5.88 Å². The molecule has 2 aromatic heterocycles. The molecule has 0 unspecified atom stereocenters. The summed E-state index contributed by atoms with van der Waals surface area (Å²) in [5, 5.41) is 11.5. The molecule has 1 aromatic carbocycles. The highest BCUT2D eigenvalue weighted by molar-refractivity contribution is 7.71. The van der Waals surface area contributed by atoms with Gasteiger partial charge in [0.2, 0.25) is 5.88 Å². The van der Waals surface area contributed by atoms with Crippen molar-refractivity contribution in [2.75, 3.05) is 7.11 Å². The second kappa shape index (κ2) is 9.08. The number of methoxy groups -OCH3 is 1. The molecule has 9 heteroatoms. The summed E-state index contributed by atoms with van der Waals surface area (Å²) >= 11 is 5.29. The minimum atomic E-state index is -0.874. The molecule has 0 bridgehead atoms. The van der Waals surface area contributed by atoms with Crippen LogP contribution < -0.4 is 5.56 Å². The van der Waals surface area contributed by atoms with Crippen molar-refractivity contribution in [3.63, 3.8) is 0 Å². The molecule has 1 atom stereocenters. The minimum Gasteiger partial charge on any atom is -0.494 e. The number of aromatic hydroxyl groups is 1. The normalized spacial score (nSPS) is 12.5. The summed E-state index contributed by atoms with van der Waals surface area (Å²) in [6.07, 6.45) is 3.35. The van der Waals surface area contributed by atoms with Crippen molar-refractivity contribution in [1.82, 2.24) is 14.1 Å². The van der Waals surface area contributed by atoms with E-state index in [0.29, 0.717) is 13.1 Å². The molecular formula is C21H24N4O4S. The number of hydrogen-bond donors (Lipinski definition) is 2. The summed E-state index contributed by atoms with van der Waals surface area (Å²) in [6, 6.07) is 6.87. The van der Waals surface area contributed by atoms with E-state index in [9.17, 15) is 14.7 Å². The van der Waals surface area contributed by atoms with Crippen LogP contribution in [0.25, 0.3) is 10.9 Å². The fraction of sp³-hybridized carbons (Fsp3) is 0.333. The molecular weight excluding hydrogens is 404 g/mol. The van der Waals surface area contributed by atoms with Gasteiger partial charge in [0.05, 0.1) is 7.11 Å². The number of carbonyl (C=O) groups excluding carboxylic acids is 1. The van der Waals surface area contributed by atoms with Crippen LogP contribution in [0.4, 0.5) is 0 Å². The number of nitrogens with zero attached hydrogens (tertiary/aromatic N) is 3. The fourth-order valence-corrected chi connectivity index (χ4v) is 3.82. The first-order valence-corrected chi connectivity index (χ1v) is 10.1. The Kier molecular flexibility index (Phi) is 6.51. The lowest BCUT2D eigenvalue weighted by Gasteiger charge is -2.14. The maximum Gasteiger partial charge on any atom is 0.330 e. The first-order valence-electron chi connectivity index (χ1n) is 9.65. The molecule has 0 aliphatic carbocycles. The molecule has 30 heavy (non-hydrogen) atoms. The lowest BCUT2D eigenvalue weighted by Crippen LogP contribution is -2.29. The zero-order valence-corrected chi connectivity index (χ0v) is 17.9. The molecule has 0 aliphatic rings. The van der Waals surface area contributed by atoms with E-state index in [1.165, 1.54) is 22.5 Å². The van der Waals surface area contributed by atoms with Gasteiger partial charge in [0.25, 0.3) is 5.56 Å². The number of benzene rings is 1. The molecule has 2 N–H and O–H groups in total. The molecule has 0 aliphatic heterocycles.